The molecule has 1 aromatic rings. The van der Waals surface area contributed by atoms with Gasteiger partial charge in [-0.15, -0.1) is 0 Å². The van der Waals surface area contributed by atoms with E-state index < -0.39 is 0 Å². The van der Waals surface area contributed by atoms with Gasteiger partial charge in [-0.3, -0.25) is 9.80 Å². The van der Waals surface area contributed by atoms with Crippen LogP contribution in [0.25, 0.3) is 0 Å². The second kappa shape index (κ2) is 6.30. The van der Waals surface area contributed by atoms with Crippen LogP contribution in [-0.2, 0) is 0 Å². The van der Waals surface area contributed by atoms with Gasteiger partial charge in [0.25, 0.3) is 0 Å². The molecular formula is C16H24FN3O. The monoisotopic (exact) mass is 293 g/mol. The summed E-state index contributed by atoms with van der Waals surface area (Å²) in [6.45, 7) is 4.72. The number of halogens is 1. The van der Waals surface area contributed by atoms with Crippen molar-refractivity contribution in [3.8, 4) is 5.75 Å². The Morgan fingerprint density at radius 3 is 2.52 bits per heavy atom. The molecule has 1 aliphatic carbocycles. The highest BCUT2D eigenvalue weighted by Crippen LogP contribution is 2.30. The van der Waals surface area contributed by atoms with E-state index in [4.69, 9.17) is 10.5 Å². The van der Waals surface area contributed by atoms with Gasteiger partial charge >= 0.3 is 0 Å². The highest BCUT2D eigenvalue weighted by atomic mass is 19.1. The van der Waals surface area contributed by atoms with E-state index in [9.17, 15) is 4.39 Å². The van der Waals surface area contributed by atoms with Crippen LogP contribution in [0.4, 0.5) is 4.39 Å². The van der Waals surface area contributed by atoms with Crippen molar-refractivity contribution in [3.05, 3.63) is 29.6 Å². The Kier molecular flexibility index (Phi) is 4.42. The molecule has 1 aliphatic heterocycles. The second-order valence-electron chi connectivity index (χ2n) is 5.95. The number of methoxy groups -OCH3 is 1. The van der Waals surface area contributed by atoms with Crippen molar-refractivity contribution in [2.45, 2.75) is 24.9 Å². The Balaban J connectivity index is 1.68. The van der Waals surface area contributed by atoms with Gasteiger partial charge in [0.1, 0.15) is 0 Å². The molecule has 21 heavy (non-hydrogen) atoms. The number of piperazine rings is 1. The molecular weight excluding hydrogens is 269 g/mol. The smallest absolute Gasteiger partial charge is 0.165 e. The summed E-state index contributed by atoms with van der Waals surface area (Å²) in [5.74, 6) is -0.0295. The summed E-state index contributed by atoms with van der Waals surface area (Å²) in [6, 6.07) is 6.08. The summed E-state index contributed by atoms with van der Waals surface area (Å²) in [5, 5.41) is 0. The van der Waals surface area contributed by atoms with E-state index in [1.54, 1.807) is 12.1 Å². The zero-order chi connectivity index (χ0) is 14.8. The van der Waals surface area contributed by atoms with E-state index >= 15 is 0 Å². The van der Waals surface area contributed by atoms with Gasteiger partial charge in [0.2, 0.25) is 0 Å². The third kappa shape index (κ3) is 3.20. The normalized spacial score (nSPS) is 22.2. The maximum atomic E-state index is 13.9. The van der Waals surface area contributed by atoms with Gasteiger partial charge in [-0.1, -0.05) is 6.07 Å². The van der Waals surface area contributed by atoms with Crippen molar-refractivity contribution in [1.29, 1.82) is 0 Å². The first-order valence-corrected chi connectivity index (χ1v) is 7.74. The third-order valence-corrected chi connectivity index (χ3v) is 4.64. The topological polar surface area (TPSA) is 41.7 Å². The summed E-state index contributed by atoms with van der Waals surface area (Å²) in [5.41, 5.74) is 6.89. The molecule has 1 saturated heterocycles. The lowest BCUT2D eigenvalue weighted by Gasteiger charge is -2.39. The maximum absolute atomic E-state index is 13.9. The van der Waals surface area contributed by atoms with Crippen LogP contribution in [0.1, 0.15) is 24.4 Å². The first-order valence-electron chi connectivity index (χ1n) is 7.74. The molecule has 0 aromatic heterocycles. The molecule has 0 radical (unpaired) electrons. The van der Waals surface area contributed by atoms with Crippen molar-refractivity contribution >= 4 is 0 Å². The van der Waals surface area contributed by atoms with Crippen molar-refractivity contribution in [3.63, 3.8) is 0 Å². The molecule has 3 rings (SSSR count). The van der Waals surface area contributed by atoms with E-state index in [-0.39, 0.29) is 17.6 Å². The molecule has 5 heteroatoms. The number of nitrogens with zero attached hydrogens (tertiary/aromatic N) is 2. The second-order valence-corrected chi connectivity index (χ2v) is 5.95. The molecule has 1 saturated carbocycles. The number of nitrogens with two attached hydrogens (primary N) is 1. The van der Waals surface area contributed by atoms with E-state index in [1.165, 1.54) is 20.0 Å². The molecule has 1 heterocycles. The van der Waals surface area contributed by atoms with Crippen molar-refractivity contribution < 1.29 is 9.13 Å². The molecule has 0 bridgehead atoms. The molecule has 1 atom stereocenters. The van der Waals surface area contributed by atoms with Crippen LogP contribution in [0.5, 0.6) is 5.75 Å². The van der Waals surface area contributed by atoms with Crippen LogP contribution in [0.15, 0.2) is 18.2 Å². The fourth-order valence-electron chi connectivity index (χ4n) is 3.24. The Morgan fingerprint density at radius 1 is 1.29 bits per heavy atom. The Hall–Kier alpha value is -1.17. The standard InChI is InChI=1S/C16H24FN3O/c1-21-16-5-2-12(10-14(16)17)15(11-18)20-8-6-19(7-9-20)13-3-4-13/h2,5,10,13,15H,3-4,6-9,11,18H2,1H3. The van der Waals surface area contributed by atoms with E-state index in [1.807, 2.05) is 6.07 Å². The fraction of sp³-hybridized carbons (Fsp3) is 0.625. The predicted molar refractivity (Wildman–Crippen MR) is 80.9 cm³/mol. The fourth-order valence-corrected chi connectivity index (χ4v) is 3.24. The van der Waals surface area contributed by atoms with Crippen molar-refractivity contribution in [1.82, 2.24) is 9.80 Å². The largest absolute Gasteiger partial charge is 0.494 e. The summed E-state index contributed by atoms with van der Waals surface area (Å²) in [6.07, 6.45) is 2.70. The minimum absolute atomic E-state index is 0.0896. The summed E-state index contributed by atoms with van der Waals surface area (Å²) >= 11 is 0. The Labute approximate surface area is 125 Å². The minimum atomic E-state index is -0.315. The van der Waals surface area contributed by atoms with Crippen LogP contribution in [0, 0.1) is 5.82 Å². The van der Waals surface area contributed by atoms with Crippen molar-refractivity contribution in [2.24, 2.45) is 5.73 Å². The number of rotatable bonds is 5. The van der Waals surface area contributed by atoms with E-state index in [0.29, 0.717) is 6.54 Å². The number of hydrogen-bond acceptors (Lipinski definition) is 4. The van der Waals surface area contributed by atoms with Crippen LogP contribution >= 0.6 is 0 Å². The molecule has 1 aromatic carbocycles. The highest BCUT2D eigenvalue weighted by Gasteiger charge is 2.33. The molecule has 0 spiro atoms. The average molecular weight is 293 g/mol. The zero-order valence-corrected chi connectivity index (χ0v) is 12.6. The lowest BCUT2D eigenvalue weighted by molar-refractivity contribution is 0.0937. The third-order valence-electron chi connectivity index (χ3n) is 4.64. The average Bonchev–Trinajstić information content (AvgIpc) is 3.34. The van der Waals surface area contributed by atoms with E-state index in [0.717, 1.165) is 37.8 Å². The quantitative estimate of drug-likeness (QED) is 0.895. The van der Waals surface area contributed by atoms with E-state index in [2.05, 4.69) is 9.80 Å². The number of benzene rings is 1. The minimum Gasteiger partial charge on any atom is -0.494 e. The molecule has 0 amide bonds. The first kappa shape index (κ1) is 14.8. The predicted octanol–water partition coefficient (Wildman–Crippen LogP) is 1.61. The summed E-state index contributed by atoms with van der Waals surface area (Å²) in [4.78, 5) is 4.94. The van der Waals surface area contributed by atoms with Gasteiger partial charge in [-0.25, -0.2) is 4.39 Å². The van der Waals surface area contributed by atoms with Crippen LogP contribution in [0.2, 0.25) is 0 Å². The molecule has 2 N–H and O–H groups in total. The zero-order valence-electron chi connectivity index (χ0n) is 12.6. The Bertz CT molecular complexity index is 484. The van der Waals surface area contributed by atoms with Gasteiger partial charge in [0.15, 0.2) is 11.6 Å². The Morgan fingerprint density at radius 2 is 2.00 bits per heavy atom. The summed E-state index contributed by atoms with van der Waals surface area (Å²) in [7, 11) is 1.48. The maximum Gasteiger partial charge on any atom is 0.165 e. The lowest BCUT2D eigenvalue weighted by atomic mass is 10.0. The van der Waals surface area contributed by atoms with Gasteiger partial charge in [0.05, 0.1) is 7.11 Å². The van der Waals surface area contributed by atoms with Gasteiger partial charge in [-0.2, -0.15) is 0 Å². The SMILES string of the molecule is COc1ccc(C(CN)N2CCN(C3CC3)CC2)cc1F. The first-order chi connectivity index (χ1) is 10.2. The molecule has 2 aliphatic rings. The van der Waals surface area contributed by atoms with Gasteiger partial charge < -0.3 is 10.5 Å². The molecule has 2 fully saturated rings. The highest BCUT2D eigenvalue weighted by molar-refractivity contribution is 5.31. The van der Waals surface area contributed by atoms with Crippen molar-refractivity contribution in [2.75, 3.05) is 39.8 Å². The van der Waals surface area contributed by atoms with Crippen LogP contribution < -0.4 is 10.5 Å². The van der Waals surface area contributed by atoms with Gasteiger partial charge in [-0.05, 0) is 30.5 Å². The molecule has 1 unspecified atom stereocenters. The number of ether oxygens (including phenoxy) is 1. The van der Waals surface area contributed by atoms with Gasteiger partial charge in [0, 0.05) is 44.8 Å². The number of hydrogen-bond donors (Lipinski definition) is 1. The molecule has 116 valence electrons. The van der Waals surface area contributed by atoms with Crippen LogP contribution in [-0.4, -0.2) is 55.7 Å². The van der Waals surface area contributed by atoms with Crippen LogP contribution in [0.3, 0.4) is 0 Å². The lowest BCUT2D eigenvalue weighted by Crippen LogP contribution is -2.49. The molecule has 4 nitrogen and oxygen atoms in total. The summed E-state index contributed by atoms with van der Waals surface area (Å²) < 4.78 is 18.9.